The fourth-order valence-corrected chi connectivity index (χ4v) is 3.13. The van der Waals surface area contributed by atoms with Gasteiger partial charge >= 0.3 is 0 Å². The molecule has 1 aliphatic rings. The molecule has 2 nitrogen and oxygen atoms in total. The third-order valence-electron chi connectivity index (χ3n) is 3.32. The molecule has 0 bridgehead atoms. The van der Waals surface area contributed by atoms with Crippen molar-refractivity contribution in [1.82, 2.24) is 10.3 Å². The smallest absolute Gasteiger partial charge is 0.0797 e. The van der Waals surface area contributed by atoms with Crippen molar-refractivity contribution in [2.45, 2.75) is 45.6 Å². The number of nitrogens with one attached hydrogen (secondary N) is 1. The lowest BCUT2D eigenvalue weighted by atomic mass is 10.1. The molecule has 1 aromatic rings. The second-order valence-electron chi connectivity index (χ2n) is 4.68. The maximum atomic E-state index is 4.27. The van der Waals surface area contributed by atoms with Crippen LogP contribution in [0.1, 0.15) is 36.8 Å². The van der Waals surface area contributed by atoms with E-state index in [1.165, 1.54) is 29.8 Å². The fraction of sp³-hybridized carbons (Fsp3) is 0.750. The molecule has 84 valence electrons. The lowest BCUT2D eigenvalue weighted by Crippen LogP contribution is -2.28. The summed E-state index contributed by atoms with van der Waals surface area (Å²) in [5.74, 6) is 0.924. The Morgan fingerprint density at radius 3 is 3.00 bits per heavy atom. The first-order valence-electron chi connectivity index (χ1n) is 5.88. The highest BCUT2D eigenvalue weighted by atomic mass is 32.1. The van der Waals surface area contributed by atoms with E-state index >= 15 is 0 Å². The van der Waals surface area contributed by atoms with E-state index in [0.29, 0.717) is 0 Å². The van der Waals surface area contributed by atoms with Gasteiger partial charge in [0.1, 0.15) is 0 Å². The molecular formula is C12H20N2S. The molecule has 2 unspecified atom stereocenters. The SMILES string of the molecule is Cc1ncsc1CCNC1CCC(C)C1. The summed E-state index contributed by atoms with van der Waals surface area (Å²) in [5, 5.41) is 3.66. The highest BCUT2D eigenvalue weighted by molar-refractivity contribution is 7.09. The van der Waals surface area contributed by atoms with Gasteiger partial charge in [-0.15, -0.1) is 11.3 Å². The monoisotopic (exact) mass is 224 g/mol. The molecule has 0 aromatic carbocycles. The van der Waals surface area contributed by atoms with Gasteiger partial charge in [0.15, 0.2) is 0 Å². The van der Waals surface area contributed by atoms with E-state index in [0.717, 1.165) is 24.9 Å². The first-order chi connectivity index (χ1) is 7.25. The van der Waals surface area contributed by atoms with Crippen LogP contribution in [0.5, 0.6) is 0 Å². The van der Waals surface area contributed by atoms with Gasteiger partial charge in [-0.1, -0.05) is 6.92 Å². The molecule has 1 aliphatic carbocycles. The van der Waals surface area contributed by atoms with E-state index in [9.17, 15) is 0 Å². The second-order valence-corrected chi connectivity index (χ2v) is 5.62. The van der Waals surface area contributed by atoms with Crippen molar-refractivity contribution >= 4 is 11.3 Å². The average Bonchev–Trinajstić information content (AvgIpc) is 2.77. The number of thiazole rings is 1. The van der Waals surface area contributed by atoms with Gasteiger partial charge < -0.3 is 5.32 Å². The molecule has 0 aliphatic heterocycles. The van der Waals surface area contributed by atoms with E-state index in [1.807, 2.05) is 5.51 Å². The third-order valence-corrected chi connectivity index (χ3v) is 4.32. The Morgan fingerprint density at radius 2 is 2.40 bits per heavy atom. The van der Waals surface area contributed by atoms with Crippen LogP contribution in [0, 0.1) is 12.8 Å². The van der Waals surface area contributed by atoms with Crippen molar-refractivity contribution in [2.24, 2.45) is 5.92 Å². The number of nitrogens with zero attached hydrogens (tertiary/aromatic N) is 1. The quantitative estimate of drug-likeness (QED) is 0.850. The summed E-state index contributed by atoms with van der Waals surface area (Å²) in [4.78, 5) is 5.71. The minimum Gasteiger partial charge on any atom is -0.314 e. The zero-order valence-corrected chi connectivity index (χ0v) is 10.4. The molecule has 1 heterocycles. The molecule has 1 aromatic heterocycles. The molecule has 1 N–H and O–H groups in total. The molecule has 2 atom stereocenters. The van der Waals surface area contributed by atoms with Crippen LogP contribution in [0.4, 0.5) is 0 Å². The number of hydrogen-bond acceptors (Lipinski definition) is 3. The summed E-state index contributed by atoms with van der Waals surface area (Å²) in [6.07, 6.45) is 5.27. The lowest BCUT2D eigenvalue weighted by Gasteiger charge is -2.11. The minimum absolute atomic E-state index is 0.772. The summed E-state index contributed by atoms with van der Waals surface area (Å²) in [6.45, 7) is 5.57. The molecule has 0 amide bonds. The van der Waals surface area contributed by atoms with Crippen molar-refractivity contribution in [3.8, 4) is 0 Å². The second kappa shape index (κ2) is 5.08. The Labute approximate surface area is 96.1 Å². The van der Waals surface area contributed by atoms with Crippen LogP contribution in [-0.4, -0.2) is 17.6 Å². The van der Waals surface area contributed by atoms with Gasteiger partial charge in [-0.05, 0) is 38.5 Å². The highest BCUT2D eigenvalue weighted by Gasteiger charge is 2.20. The molecule has 3 heteroatoms. The number of hydrogen-bond donors (Lipinski definition) is 1. The normalized spacial score (nSPS) is 26.0. The van der Waals surface area contributed by atoms with Crippen LogP contribution >= 0.6 is 11.3 Å². The van der Waals surface area contributed by atoms with Gasteiger partial charge in [-0.25, -0.2) is 4.98 Å². The van der Waals surface area contributed by atoms with Gasteiger partial charge in [0.25, 0.3) is 0 Å². The Kier molecular flexibility index (Phi) is 3.76. The zero-order chi connectivity index (χ0) is 10.7. The van der Waals surface area contributed by atoms with Crippen LogP contribution in [0.2, 0.25) is 0 Å². The van der Waals surface area contributed by atoms with Crippen molar-refractivity contribution in [1.29, 1.82) is 0 Å². The molecule has 2 rings (SSSR count). The lowest BCUT2D eigenvalue weighted by molar-refractivity contribution is 0.506. The molecule has 1 fully saturated rings. The molecular weight excluding hydrogens is 204 g/mol. The predicted octanol–water partition coefficient (Wildman–Crippen LogP) is 2.77. The Morgan fingerprint density at radius 1 is 1.53 bits per heavy atom. The van der Waals surface area contributed by atoms with Gasteiger partial charge in [-0.3, -0.25) is 0 Å². The summed E-state index contributed by atoms with van der Waals surface area (Å²) >= 11 is 1.78. The van der Waals surface area contributed by atoms with Gasteiger partial charge in [0.05, 0.1) is 11.2 Å². The van der Waals surface area contributed by atoms with Crippen LogP contribution in [0.3, 0.4) is 0 Å². The molecule has 0 radical (unpaired) electrons. The zero-order valence-electron chi connectivity index (χ0n) is 9.62. The Hall–Kier alpha value is -0.410. The van der Waals surface area contributed by atoms with Crippen molar-refractivity contribution in [3.63, 3.8) is 0 Å². The maximum Gasteiger partial charge on any atom is 0.0797 e. The van der Waals surface area contributed by atoms with E-state index in [4.69, 9.17) is 0 Å². The van der Waals surface area contributed by atoms with Gasteiger partial charge in [0, 0.05) is 17.5 Å². The number of aromatic nitrogens is 1. The average molecular weight is 224 g/mol. The summed E-state index contributed by atoms with van der Waals surface area (Å²) < 4.78 is 0. The van der Waals surface area contributed by atoms with E-state index in [-0.39, 0.29) is 0 Å². The predicted molar refractivity (Wildman–Crippen MR) is 65.4 cm³/mol. The molecule has 0 saturated heterocycles. The topological polar surface area (TPSA) is 24.9 Å². The fourth-order valence-electron chi connectivity index (χ4n) is 2.35. The van der Waals surface area contributed by atoms with E-state index in [1.54, 1.807) is 11.3 Å². The molecule has 0 spiro atoms. The standard InChI is InChI=1S/C12H20N2S/c1-9-3-4-11(7-9)13-6-5-12-10(2)14-8-15-12/h8-9,11,13H,3-7H2,1-2H3. The largest absolute Gasteiger partial charge is 0.314 e. The molecule has 1 saturated carbocycles. The van der Waals surface area contributed by atoms with Crippen LogP contribution in [0.15, 0.2) is 5.51 Å². The van der Waals surface area contributed by atoms with Crippen molar-refractivity contribution in [3.05, 3.63) is 16.1 Å². The number of aryl methyl sites for hydroxylation is 1. The maximum absolute atomic E-state index is 4.27. The van der Waals surface area contributed by atoms with Crippen LogP contribution in [0.25, 0.3) is 0 Å². The number of rotatable bonds is 4. The third kappa shape index (κ3) is 3.02. The Balaban J connectivity index is 1.69. The van der Waals surface area contributed by atoms with Gasteiger partial charge in [0.2, 0.25) is 0 Å². The van der Waals surface area contributed by atoms with E-state index in [2.05, 4.69) is 24.1 Å². The Bertz CT molecular complexity index is 308. The van der Waals surface area contributed by atoms with Gasteiger partial charge in [-0.2, -0.15) is 0 Å². The summed E-state index contributed by atoms with van der Waals surface area (Å²) in [7, 11) is 0. The van der Waals surface area contributed by atoms with Crippen LogP contribution < -0.4 is 5.32 Å². The minimum atomic E-state index is 0.772. The molecule has 15 heavy (non-hydrogen) atoms. The van der Waals surface area contributed by atoms with Crippen molar-refractivity contribution in [2.75, 3.05) is 6.54 Å². The highest BCUT2D eigenvalue weighted by Crippen LogP contribution is 2.24. The first kappa shape index (κ1) is 11.1. The summed E-state index contributed by atoms with van der Waals surface area (Å²) in [5.41, 5.74) is 3.16. The van der Waals surface area contributed by atoms with Crippen molar-refractivity contribution < 1.29 is 0 Å². The van der Waals surface area contributed by atoms with Crippen LogP contribution in [-0.2, 0) is 6.42 Å². The van der Waals surface area contributed by atoms with E-state index < -0.39 is 0 Å². The first-order valence-corrected chi connectivity index (χ1v) is 6.76. The summed E-state index contributed by atoms with van der Waals surface area (Å²) in [6, 6.07) is 0.772.